The molecule has 1 fully saturated rings. The van der Waals surface area contributed by atoms with Gasteiger partial charge in [0.15, 0.2) is 0 Å². The molecule has 172 valence electrons. The van der Waals surface area contributed by atoms with Gasteiger partial charge in [0, 0.05) is 13.1 Å². The Morgan fingerprint density at radius 3 is 2.23 bits per heavy atom. The molecule has 1 aliphatic rings. The predicted octanol–water partition coefficient (Wildman–Crippen LogP) is 3.25. The van der Waals surface area contributed by atoms with Gasteiger partial charge in [0.25, 0.3) is 0 Å². The molecule has 1 aromatic carbocycles. The van der Waals surface area contributed by atoms with Crippen molar-refractivity contribution < 1.29 is 24.2 Å². The Balaban J connectivity index is 2.17. The molecular weight excluding hydrogens is 398 g/mol. The molecule has 1 aromatic rings. The Morgan fingerprint density at radius 2 is 1.68 bits per heavy atom. The lowest BCUT2D eigenvalue weighted by Gasteiger charge is -2.32. The second kappa shape index (κ2) is 10.5. The van der Waals surface area contributed by atoms with E-state index in [0.717, 1.165) is 25.7 Å². The van der Waals surface area contributed by atoms with Crippen molar-refractivity contribution in [2.75, 3.05) is 7.05 Å². The van der Waals surface area contributed by atoms with E-state index in [1.165, 1.54) is 30.5 Å². The minimum absolute atomic E-state index is 0.0733. The Morgan fingerprint density at radius 1 is 1.10 bits per heavy atom. The zero-order valence-electron chi connectivity index (χ0n) is 19.1. The Labute approximate surface area is 184 Å². The first-order valence-electron chi connectivity index (χ1n) is 10.8. The topological polar surface area (TPSA) is 108 Å². The van der Waals surface area contributed by atoms with E-state index < -0.39 is 29.7 Å². The maximum atomic E-state index is 13.2. The predicted molar refractivity (Wildman–Crippen MR) is 117 cm³/mol. The fourth-order valence-electron chi connectivity index (χ4n) is 3.71. The molecule has 0 aromatic heterocycles. The maximum absolute atomic E-state index is 13.2. The fraction of sp³-hybridized carbons (Fsp3) is 0.609. The first-order valence-corrected chi connectivity index (χ1v) is 10.8. The van der Waals surface area contributed by atoms with Crippen molar-refractivity contribution in [1.29, 1.82) is 0 Å². The molecule has 31 heavy (non-hydrogen) atoms. The molecule has 1 aliphatic carbocycles. The van der Waals surface area contributed by atoms with Crippen molar-refractivity contribution in [2.24, 2.45) is 0 Å². The highest BCUT2D eigenvalue weighted by atomic mass is 16.6. The van der Waals surface area contributed by atoms with Gasteiger partial charge in [0.2, 0.25) is 11.8 Å². The highest BCUT2D eigenvalue weighted by Crippen LogP contribution is 2.25. The number of alkyl carbamates (subject to hydrolysis) is 1. The van der Waals surface area contributed by atoms with E-state index in [4.69, 9.17) is 4.74 Å². The number of carbonyl (C=O) groups excluding carboxylic acids is 3. The van der Waals surface area contributed by atoms with Crippen LogP contribution in [0.3, 0.4) is 0 Å². The smallest absolute Gasteiger partial charge is 0.408 e. The van der Waals surface area contributed by atoms with Crippen LogP contribution < -0.4 is 10.6 Å². The molecule has 0 saturated heterocycles. The van der Waals surface area contributed by atoms with Crippen molar-refractivity contribution in [3.8, 4) is 5.75 Å². The van der Waals surface area contributed by atoms with Crippen LogP contribution in [0, 0.1) is 0 Å². The number of carbonyl (C=O) groups is 3. The monoisotopic (exact) mass is 433 g/mol. The van der Waals surface area contributed by atoms with E-state index in [1.54, 1.807) is 39.8 Å². The summed E-state index contributed by atoms with van der Waals surface area (Å²) in [7, 11) is 1.54. The van der Waals surface area contributed by atoms with Gasteiger partial charge >= 0.3 is 6.09 Å². The van der Waals surface area contributed by atoms with Crippen LogP contribution >= 0.6 is 0 Å². The van der Waals surface area contributed by atoms with E-state index in [1.807, 2.05) is 0 Å². The Hall–Kier alpha value is -2.77. The minimum Gasteiger partial charge on any atom is -0.508 e. The minimum atomic E-state index is -0.891. The Bertz CT molecular complexity index is 766. The molecule has 0 bridgehead atoms. The van der Waals surface area contributed by atoms with E-state index >= 15 is 0 Å². The normalized spacial score (nSPS) is 16.7. The number of aromatic hydroxyl groups is 1. The van der Waals surface area contributed by atoms with Gasteiger partial charge in [0.05, 0.1) is 0 Å². The number of hydrogen-bond donors (Lipinski definition) is 3. The van der Waals surface area contributed by atoms with Crippen LogP contribution in [0.15, 0.2) is 24.3 Å². The molecule has 2 unspecified atom stereocenters. The number of likely N-dealkylation sites (N-methyl/N-ethyl adjacent to an activating group) is 1. The lowest BCUT2D eigenvalue weighted by atomic mass is 9.94. The quantitative estimate of drug-likeness (QED) is 0.638. The number of amides is 3. The van der Waals surface area contributed by atoms with Gasteiger partial charge in [0.1, 0.15) is 23.4 Å². The second-order valence-corrected chi connectivity index (χ2v) is 9.15. The largest absolute Gasteiger partial charge is 0.508 e. The number of nitrogens with zero attached hydrogens (tertiary/aromatic N) is 1. The van der Waals surface area contributed by atoms with Crippen LogP contribution in [-0.2, 0) is 14.3 Å². The zero-order chi connectivity index (χ0) is 23.2. The van der Waals surface area contributed by atoms with Crippen LogP contribution in [-0.4, -0.2) is 52.6 Å². The van der Waals surface area contributed by atoms with Gasteiger partial charge < -0.3 is 25.4 Å². The number of benzene rings is 1. The molecule has 0 spiro atoms. The molecule has 2 atom stereocenters. The SMILES string of the molecule is CC(NC(=O)OC(C)(C)C)C(=O)N(C)C(C(=O)NC1CCCCC1)c1ccc(O)cc1. The third-order valence-corrected chi connectivity index (χ3v) is 5.25. The number of phenols is 1. The van der Waals surface area contributed by atoms with Crippen LogP contribution in [0.2, 0.25) is 0 Å². The summed E-state index contributed by atoms with van der Waals surface area (Å²) in [5, 5.41) is 15.2. The molecule has 3 N–H and O–H groups in total. The second-order valence-electron chi connectivity index (χ2n) is 9.15. The zero-order valence-corrected chi connectivity index (χ0v) is 19.1. The summed E-state index contributed by atoms with van der Waals surface area (Å²) >= 11 is 0. The lowest BCUT2D eigenvalue weighted by molar-refractivity contribution is -0.140. The van der Waals surface area contributed by atoms with Crippen molar-refractivity contribution in [2.45, 2.75) is 83.5 Å². The van der Waals surface area contributed by atoms with Gasteiger partial charge in [-0.05, 0) is 58.2 Å². The third kappa shape index (κ3) is 7.45. The first kappa shape index (κ1) is 24.5. The molecule has 2 rings (SSSR count). The average Bonchev–Trinajstić information content (AvgIpc) is 2.68. The van der Waals surface area contributed by atoms with Gasteiger partial charge in [-0.1, -0.05) is 31.4 Å². The summed E-state index contributed by atoms with van der Waals surface area (Å²) in [5.41, 5.74) is -0.112. The molecule has 0 aliphatic heterocycles. The van der Waals surface area contributed by atoms with Crippen molar-refractivity contribution >= 4 is 17.9 Å². The highest BCUT2D eigenvalue weighted by molar-refractivity contribution is 5.91. The van der Waals surface area contributed by atoms with Crippen molar-refractivity contribution in [3.05, 3.63) is 29.8 Å². The number of hydrogen-bond acceptors (Lipinski definition) is 5. The molecule has 0 radical (unpaired) electrons. The van der Waals surface area contributed by atoms with Gasteiger partial charge in [-0.2, -0.15) is 0 Å². The summed E-state index contributed by atoms with van der Waals surface area (Å²) in [6.45, 7) is 6.76. The molecule has 3 amide bonds. The van der Waals surface area contributed by atoms with Crippen LogP contribution in [0.25, 0.3) is 0 Å². The Kier molecular flexibility index (Phi) is 8.30. The standard InChI is InChI=1S/C23H35N3O5/c1-15(24-22(30)31-23(2,3)4)21(29)26(5)19(16-11-13-18(27)14-12-16)20(28)25-17-9-7-6-8-10-17/h11-15,17,19,27H,6-10H2,1-5H3,(H,24,30)(H,25,28). The van der Waals surface area contributed by atoms with Crippen LogP contribution in [0.4, 0.5) is 4.79 Å². The summed E-state index contributed by atoms with van der Waals surface area (Å²) in [5.74, 6) is -0.634. The summed E-state index contributed by atoms with van der Waals surface area (Å²) < 4.78 is 5.22. The number of nitrogens with one attached hydrogen (secondary N) is 2. The van der Waals surface area contributed by atoms with E-state index in [-0.39, 0.29) is 17.7 Å². The van der Waals surface area contributed by atoms with Crippen molar-refractivity contribution in [3.63, 3.8) is 0 Å². The van der Waals surface area contributed by atoms with Crippen LogP contribution in [0.1, 0.15) is 71.4 Å². The summed E-state index contributed by atoms with van der Waals surface area (Å²) in [6, 6.07) is 4.52. The number of rotatable bonds is 6. The molecular formula is C23H35N3O5. The molecule has 0 heterocycles. The van der Waals surface area contributed by atoms with Gasteiger partial charge in [-0.3, -0.25) is 9.59 Å². The van der Waals surface area contributed by atoms with E-state index in [9.17, 15) is 19.5 Å². The average molecular weight is 434 g/mol. The molecule has 8 heteroatoms. The van der Waals surface area contributed by atoms with Crippen molar-refractivity contribution in [1.82, 2.24) is 15.5 Å². The van der Waals surface area contributed by atoms with E-state index in [2.05, 4.69) is 10.6 Å². The summed E-state index contributed by atoms with van der Waals surface area (Å²) in [4.78, 5) is 39.6. The lowest BCUT2D eigenvalue weighted by Crippen LogP contribution is -2.51. The third-order valence-electron chi connectivity index (χ3n) is 5.25. The van der Waals surface area contributed by atoms with Crippen LogP contribution in [0.5, 0.6) is 5.75 Å². The van der Waals surface area contributed by atoms with E-state index in [0.29, 0.717) is 5.56 Å². The van der Waals surface area contributed by atoms with Gasteiger partial charge in [-0.25, -0.2) is 4.79 Å². The summed E-state index contributed by atoms with van der Waals surface area (Å²) in [6.07, 6.45) is 4.44. The van der Waals surface area contributed by atoms with Gasteiger partial charge in [-0.15, -0.1) is 0 Å². The molecule has 1 saturated carbocycles. The molecule has 8 nitrogen and oxygen atoms in total. The number of ether oxygens (including phenoxy) is 1. The number of phenolic OH excluding ortho intramolecular Hbond substituents is 1. The first-order chi connectivity index (χ1) is 14.5. The fourth-order valence-corrected chi connectivity index (χ4v) is 3.71. The maximum Gasteiger partial charge on any atom is 0.408 e. The highest BCUT2D eigenvalue weighted by Gasteiger charge is 2.33.